The van der Waals surface area contributed by atoms with Gasteiger partial charge in [-0.15, -0.1) is 0 Å². The minimum atomic E-state index is -0.861. The summed E-state index contributed by atoms with van der Waals surface area (Å²) in [6.07, 6.45) is 1.17. The van der Waals surface area contributed by atoms with Gasteiger partial charge in [0.25, 0.3) is 5.69 Å². The van der Waals surface area contributed by atoms with Crippen LogP contribution in [-0.4, -0.2) is 41.9 Å². The Labute approximate surface area is 141 Å². The Balaban J connectivity index is 2.27. The topological polar surface area (TPSA) is 123 Å². The summed E-state index contributed by atoms with van der Waals surface area (Å²) < 4.78 is 5.79. The molecule has 0 fully saturated rings. The number of anilines is 1. The normalized spacial score (nSPS) is 21.8. The Morgan fingerprint density at radius 1 is 1.38 bits per heavy atom. The number of fused-ring (bicyclic) bond motifs is 1. The predicted molar refractivity (Wildman–Crippen MR) is 92.1 cm³/mol. The van der Waals surface area contributed by atoms with Gasteiger partial charge >= 0.3 is 0 Å². The Morgan fingerprint density at radius 3 is 2.67 bits per heavy atom. The SMILES string of the molecule is CNCCCCNC1c2cc(N)c([N+](=O)[O-])cc2OC(C)(C)C1O. The Hall–Kier alpha value is -1.90. The Morgan fingerprint density at radius 2 is 2.04 bits per heavy atom. The largest absolute Gasteiger partial charge is 0.484 e. The van der Waals surface area contributed by atoms with Gasteiger partial charge in [0.15, 0.2) is 0 Å². The molecule has 1 aromatic rings. The van der Waals surface area contributed by atoms with E-state index in [1.165, 1.54) is 12.1 Å². The maximum Gasteiger partial charge on any atom is 0.295 e. The van der Waals surface area contributed by atoms with Crippen molar-refractivity contribution >= 4 is 11.4 Å². The van der Waals surface area contributed by atoms with Crippen molar-refractivity contribution in [1.29, 1.82) is 0 Å². The van der Waals surface area contributed by atoms with Gasteiger partial charge in [-0.25, -0.2) is 0 Å². The van der Waals surface area contributed by atoms with E-state index in [4.69, 9.17) is 10.5 Å². The molecule has 1 aromatic carbocycles. The zero-order valence-electron chi connectivity index (χ0n) is 14.3. The number of hydrogen-bond acceptors (Lipinski definition) is 7. The number of benzene rings is 1. The maximum atomic E-state index is 11.1. The summed E-state index contributed by atoms with van der Waals surface area (Å²) >= 11 is 0. The molecule has 1 aliphatic rings. The number of aliphatic hydroxyl groups excluding tert-OH is 1. The van der Waals surface area contributed by atoms with Crippen LogP contribution in [-0.2, 0) is 0 Å². The van der Waals surface area contributed by atoms with E-state index in [1.807, 2.05) is 7.05 Å². The van der Waals surface area contributed by atoms with E-state index in [1.54, 1.807) is 13.8 Å². The second kappa shape index (κ2) is 7.33. The number of nitrogen functional groups attached to an aromatic ring is 1. The molecule has 0 saturated carbocycles. The van der Waals surface area contributed by atoms with E-state index in [9.17, 15) is 15.2 Å². The zero-order valence-corrected chi connectivity index (χ0v) is 14.3. The number of hydrogen-bond donors (Lipinski definition) is 4. The summed E-state index contributed by atoms with van der Waals surface area (Å²) in [4.78, 5) is 10.6. The molecule has 2 atom stereocenters. The van der Waals surface area contributed by atoms with Gasteiger partial charge in [-0.3, -0.25) is 10.1 Å². The van der Waals surface area contributed by atoms with Gasteiger partial charge in [0.05, 0.1) is 17.0 Å². The second-order valence-electron chi connectivity index (χ2n) is 6.60. The average Bonchev–Trinajstić information content (AvgIpc) is 2.50. The average molecular weight is 338 g/mol. The minimum Gasteiger partial charge on any atom is -0.484 e. The molecule has 0 amide bonds. The van der Waals surface area contributed by atoms with Crippen LogP contribution in [0, 0.1) is 10.1 Å². The van der Waals surface area contributed by atoms with Gasteiger partial charge in [-0.05, 0) is 52.9 Å². The molecule has 0 aromatic heterocycles. The van der Waals surface area contributed by atoms with Crippen molar-refractivity contribution in [3.8, 4) is 5.75 Å². The van der Waals surface area contributed by atoms with Crippen molar-refractivity contribution in [1.82, 2.24) is 10.6 Å². The van der Waals surface area contributed by atoms with Gasteiger partial charge in [-0.2, -0.15) is 0 Å². The minimum absolute atomic E-state index is 0.0660. The molecule has 1 aliphatic heterocycles. The lowest BCUT2D eigenvalue weighted by Crippen LogP contribution is -2.52. The van der Waals surface area contributed by atoms with Gasteiger partial charge < -0.3 is 26.2 Å². The summed E-state index contributed by atoms with van der Waals surface area (Å²) in [6.45, 7) is 5.17. The highest BCUT2D eigenvalue weighted by molar-refractivity contribution is 5.65. The highest BCUT2D eigenvalue weighted by Crippen LogP contribution is 2.43. The van der Waals surface area contributed by atoms with Crippen molar-refractivity contribution in [2.45, 2.75) is 44.4 Å². The number of nitrogens with two attached hydrogens (primary N) is 1. The predicted octanol–water partition coefficient (Wildman–Crippen LogP) is 1.34. The molecular formula is C16H26N4O4. The molecule has 0 aliphatic carbocycles. The standard InChI is InChI=1S/C16H26N4O4/c1-16(2)15(21)14(19-7-5-4-6-18-3)10-8-11(17)12(20(22)23)9-13(10)24-16/h8-9,14-15,18-19,21H,4-7,17H2,1-3H3. The summed E-state index contributed by atoms with van der Waals surface area (Å²) in [5.41, 5.74) is 5.47. The molecule has 5 N–H and O–H groups in total. The molecule has 0 spiro atoms. The quantitative estimate of drug-likeness (QED) is 0.256. The van der Waals surface area contributed by atoms with Gasteiger partial charge in [-0.1, -0.05) is 0 Å². The third-order valence-electron chi connectivity index (χ3n) is 4.31. The molecule has 0 bridgehead atoms. The third kappa shape index (κ3) is 3.77. The molecule has 0 saturated heterocycles. The highest BCUT2D eigenvalue weighted by Gasteiger charge is 2.43. The van der Waals surface area contributed by atoms with E-state index in [-0.39, 0.29) is 17.4 Å². The fraction of sp³-hybridized carbons (Fsp3) is 0.625. The molecule has 2 rings (SSSR count). The van der Waals surface area contributed by atoms with Gasteiger partial charge in [0, 0.05) is 5.56 Å². The molecule has 2 unspecified atom stereocenters. The zero-order chi connectivity index (χ0) is 17.9. The fourth-order valence-corrected chi connectivity index (χ4v) is 2.91. The van der Waals surface area contributed by atoms with Crippen LogP contribution in [0.4, 0.5) is 11.4 Å². The van der Waals surface area contributed by atoms with Crippen LogP contribution in [0.2, 0.25) is 0 Å². The van der Waals surface area contributed by atoms with Crippen LogP contribution >= 0.6 is 0 Å². The Kier molecular flexibility index (Phi) is 5.63. The van der Waals surface area contributed by atoms with E-state index >= 15 is 0 Å². The summed E-state index contributed by atoms with van der Waals surface area (Å²) in [5.74, 6) is 0.388. The molecule has 1 heterocycles. The molecule has 134 valence electrons. The lowest BCUT2D eigenvalue weighted by Gasteiger charge is -2.42. The van der Waals surface area contributed by atoms with E-state index in [0.717, 1.165) is 25.9 Å². The first-order valence-electron chi connectivity index (χ1n) is 8.11. The molecule has 8 nitrogen and oxygen atoms in total. The van der Waals surface area contributed by atoms with Gasteiger partial charge in [0.2, 0.25) is 0 Å². The van der Waals surface area contributed by atoms with E-state index < -0.39 is 16.6 Å². The number of ether oxygens (including phenoxy) is 1. The van der Waals surface area contributed by atoms with Crippen LogP contribution in [0.5, 0.6) is 5.75 Å². The van der Waals surface area contributed by atoms with Crippen LogP contribution in [0.25, 0.3) is 0 Å². The van der Waals surface area contributed by atoms with Crippen LogP contribution in [0.1, 0.15) is 38.3 Å². The van der Waals surface area contributed by atoms with E-state index in [2.05, 4.69) is 10.6 Å². The number of nitro groups is 1. The smallest absolute Gasteiger partial charge is 0.295 e. The lowest BCUT2D eigenvalue weighted by atomic mass is 9.86. The number of unbranched alkanes of at least 4 members (excludes halogenated alkanes) is 1. The summed E-state index contributed by atoms with van der Waals surface area (Å²) in [5, 5.41) is 28.2. The first-order valence-corrected chi connectivity index (χ1v) is 8.11. The lowest BCUT2D eigenvalue weighted by molar-refractivity contribution is -0.384. The van der Waals surface area contributed by atoms with Crippen molar-refractivity contribution < 1.29 is 14.8 Å². The van der Waals surface area contributed by atoms with Crippen molar-refractivity contribution in [2.75, 3.05) is 25.9 Å². The summed E-state index contributed by atoms with van der Waals surface area (Å²) in [7, 11) is 1.91. The highest BCUT2D eigenvalue weighted by atomic mass is 16.6. The van der Waals surface area contributed by atoms with Crippen molar-refractivity contribution in [2.24, 2.45) is 0 Å². The number of nitro benzene ring substituents is 1. The van der Waals surface area contributed by atoms with Crippen molar-refractivity contribution in [3.63, 3.8) is 0 Å². The first kappa shape index (κ1) is 18.4. The Bertz CT molecular complexity index is 606. The molecule has 24 heavy (non-hydrogen) atoms. The van der Waals surface area contributed by atoms with Crippen LogP contribution in [0.3, 0.4) is 0 Å². The van der Waals surface area contributed by atoms with Gasteiger partial charge in [0.1, 0.15) is 23.1 Å². The van der Waals surface area contributed by atoms with Crippen molar-refractivity contribution in [3.05, 3.63) is 27.8 Å². The molecule has 8 heteroatoms. The number of rotatable bonds is 7. The summed E-state index contributed by atoms with van der Waals surface area (Å²) in [6, 6.07) is 2.48. The molecular weight excluding hydrogens is 312 g/mol. The number of nitrogens with one attached hydrogen (secondary N) is 2. The fourth-order valence-electron chi connectivity index (χ4n) is 2.91. The number of nitrogens with zero attached hydrogens (tertiary/aromatic N) is 1. The monoisotopic (exact) mass is 338 g/mol. The van der Waals surface area contributed by atoms with Crippen LogP contribution < -0.4 is 21.1 Å². The third-order valence-corrected chi connectivity index (χ3v) is 4.31. The second-order valence-corrected chi connectivity index (χ2v) is 6.60. The van der Waals surface area contributed by atoms with Crippen LogP contribution in [0.15, 0.2) is 12.1 Å². The first-order chi connectivity index (χ1) is 11.3. The molecule has 0 radical (unpaired) electrons. The number of aliphatic hydroxyl groups is 1. The van der Waals surface area contributed by atoms with E-state index in [0.29, 0.717) is 11.3 Å². The maximum absolute atomic E-state index is 11.1.